The highest BCUT2D eigenvalue weighted by molar-refractivity contribution is 7.14. The third-order valence-electron chi connectivity index (χ3n) is 6.97. The van der Waals surface area contributed by atoms with Gasteiger partial charge in [0, 0.05) is 10.3 Å². The summed E-state index contributed by atoms with van der Waals surface area (Å²) in [5, 5.41) is 22.0. The summed E-state index contributed by atoms with van der Waals surface area (Å²) in [6, 6.07) is 1.13. The molecule has 0 spiro atoms. The van der Waals surface area contributed by atoms with Crippen molar-refractivity contribution in [3.8, 4) is 0 Å². The number of aliphatic carboxylic acids is 1. The first-order valence-corrected chi connectivity index (χ1v) is 12.9. The number of rotatable bonds is 10. The van der Waals surface area contributed by atoms with Gasteiger partial charge in [-0.1, -0.05) is 46.8 Å². The van der Waals surface area contributed by atoms with E-state index in [0.717, 1.165) is 35.3 Å². The number of hydrogen-bond acceptors (Lipinski definition) is 5. The van der Waals surface area contributed by atoms with Crippen LogP contribution in [0.2, 0.25) is 0 Å². The van der Waals surface area contributed by atoms with Crippen molar-refractivity contribution in [2.45, 2.75) is 98.3 Å². The molecule has 3 N–H and O–H groups in total. The molecule has 0 aromatic carbocycles. The Bertz CT molecular complexity index is 949. The van der Waals surface area contributed by atoms with Crippen LogP contribution in [0.15, 0.2) is 29.4 Å². The summed E-state index contributed by atoms with van der Waals surface area (Å²) in [5.74, 6) is -1.40. The van der Waals surface area contributed by atoms with Gasteiger partial charge >= 0.3 is 5.97 Å². The van der Waals surface area contributed by atoms with Gasteiger partial charge in [-0.15, -0.1) is 11.3 Å². The Labute approximate surface area is 208 Å². The lowest BCUT2D eigenvalue weighted by Gasteiger charge is -2.36. The van der Waals surface area contributed by atoms with Gasteiger partial charge < -0.3 is 20.3 Å². The number of aliphatic hydroxyl groups excluding tert-OH is 1. The highest BCUT2D eigenvalue weighted by Gasteiger charge is 2.36. The third kappa shape index (κ3) is 6.18. The zero-order chi connectivity index (χ0) is 25.8. The van der Waals surface area contributed by atoms with E-state index in [9.17, 15) is 14.7 Å². The first-order valence-electron chi connectivity index (χ1n) is 12.1. The van der Waals surface area contributed by atoms with E-state index in [1.807, 2.05) is 27.7 Å². The quantitative estimate of drug-likeness (QED) is 0.408. The van der Waals surface area contributed by atoms with E-state index in [0.29, 0.717) is 11.5 Å². The first kappa shape index (κ1) is 28.3. The lowest BCUT2D eigenvalue weighted by Crippen LogP contribution is -2.38. The molecule has 1 aliphatic carbocycles. The van der Waals surface area contributed by atoms with Gasteiger partial charge in [-0.3, -0.25) is 9.59 Å². The number of carbonyl (C=O) groups excluding carboxylic acids is 1. The molecule has 2 rings (SSSR count). The van der Waals surface area contributed by atoms with Gasteiger partial charge in [-0.05, 0) is 68.2 Å². The van der Waals surface area contributed by atoms with Crippen LogP contribution in [0.5, 0.6) is 0 Å². The molecule has 0 saturated carbocycles. The van der Waals surface area contributed by atoms with Crippen molar-refractivity contribution in [3.05, 3.63) is 44.7 Å². The second-order valence-electron chi connectivity index (χ2n) is 10.4. The summed E-state index contributed by atoms with van der Waals surface area (Å²) >= 11 is 1.45. The predicted octanol–water partition coefficient (Wildman–Crippen LogP) is 5.39. The normalized spacial score (nSPS) is 18.7. The molecule has 0 radical (unpaired) electrons. The second-order valence-corrected chi connectivity index (χ2v) is 11.5. The molecule has 7 heteroatoms. The maximum Gasteiger partial charge on any atom is 0.325 e. The molecular formula is C27H41NO5S. The predicted molar refractivity (Wildman–Crippen MR) is 138 cm³/mol. The van der Waals surface area contributed by atoms with Crippen molar-refractivity contribution in [3.63, 3.8) is 0 Å². The van der Waals surface area contributed by atoms with Crippen molar-refractivity contribution in [1.82, 2.24) is 5.32 Å². The number of aliphatic hydroxyl groups is 1. The van der Waals surface area contributed by atoms with E-state index in [4.69, 9.17) is 9.84 Å². The maximum atomic E-state index is 12.7. The van der Waals surface area contributed by atoms with Gasteiger partial charge in [0.1, 0.15) is 6.04 Å². The number of carboxylic acid groups (broad SMARTS) is 1. The standard InChI is InChI=1S/C27H41NO5S/c1-9-27(10-2,22-14-17(4)23(34-22)24(30)28-18(5)25(31)32)19-11-12-20(16(3)13-19)33-15-21(29)26(6,7)8/h11,13-14,18,20-21,29H,9-10,12,15H2,1-8H3,(H,28,30)(H,31,32)/t18-,20?,21?/m1/s1. The Morgan fingerprint density at radius 1 is 1.24 bits per heavy atom. The summed E-state index contributed by atoms with van der Waals surface area (Å²) in [6.07, 6.45) is 6.33. The maximum absolute atomic E-state index is 12.7. The van der Waals surface area contributed by atoms with Gasteiger partial charge in [0.2, 0.25) is 0 Å². The molecule has 34 heavy (non-hydrogen) atoms. The number of amides is 1. The smallest absolute Gasteiger partial charge is 0.325 e. The molecule has 1 aliphatic rings. The van der Waals surface area contributed by atoms with Crippen LogP contribution >= 0.6 is 11.3 Å². The van der Waals surface area contributed by atoms with Crippen LogP contribution in [-0.4, -0.2) is 46.9 Å². The van der Waals surface area contributed by atoms with Crippen LogP contribution in [0.4, 0.5) is 0 Å². The molecule has 1 aromatic rings. The number of carbonyl (C=O) groups is 2. The Morgan fingerprint density at radius 2 is 1.85 bits per heavy atom. The van der Waals surface area contributed by atoms with E-state index < -0.39 is 18.1 Å². The average Bonchev–Trinajstić information content (AvgIpc) is 3.15. The van der Waals surface area contributed by atoms with Crippen LogP contribution in [0.3, 0.4) is 0 Å². The summed E-state index contributed by atoms with van der Waals surface area (Å²) in [6.45, 7) is 16.1. The van der Waals surface area contributed by atoms with Crippen molar-refractivity contribution in [2.24, 2.45) is 5.41 Å². The van der Waals surface area contributed by atoms with Crippen LogP contribution in [0.1, 0.15) is 87.8 Å². The minimum atomic E-state index is -1.06. The molecule has 1 aromatic heterocycles. The molecule has 6 nitrogen and oxygen atoms in total. The topological polar surface area (TPSA) is 95.9 Å². The number of nitrogens with one attached hydrogen (secondary N) is 1. The van der Waals surface area contributed by atoms with Crippen LogP contribution in [-0.2, 0) is 14.9 Å². The Morgan fingerprint density at radius 3 is 2.35 bits per heavy atom. The van der Waals surface area contributed by atoms with Gasteiger partial charge in [0.05, 0.1) is 23.7 Å². The summed E-state index contributed by atoms with van der Waals surface area (Å²) in [7, 11) is 0. The Balaban J connectivity index is 2.28. The SMILES string of the molecule is CCC(CC)(C1=CCC(OCC(O)C(C)(C)C)C(C)=C1)c1cc(C)c(C(=O)N[C@H](C)C(=O)O)s1. The average molecular weight is 492 g/mol. The van der Waals surface area contributed by atoms with Crippen LogP contribution in [0.25, 0.3) is 0 Å². The van der Waals surface area contributed by atoms with Crippen LogP contribution in [0, 0.1) is 12.3 Å². The molecule has 0 aliphatic heterocycles. The molecule has 1 heterocycles. The van der Waals surface area contributed by atoms with Crippen molar-refractivity contribution in [2.75, 3.05) is 6.61 Å². The van der Waals surface area contributed by atoms with Crippen molar-refractivity contribution in [1.29, 1.82) is 0 Å². The molecule has 3 atom stereocenters. The summed E-state index contributed by atoms with van der Waals surface area (Å²) in [4.78, 5) is 25.6. The zero-order valence-electron chi connectivity index (χ0n) is 21.8. The Hall–Kier alpha value is -1.96. The second kappa shape index (κ2) is 11.2. The molecule has 0 saturated heterocycles. The molecule has 190 valence electrons. The number of thiophene rings is 1. The lowest BCUT2D eigenvalue weighted by molar-refractivity contribution is -0.138. The number of aryl methyl sites for hydroxylation is 1. The zero-order valence-corrected chi connectivity index (χ0v) is 22.6. The van der Waals surface area contributed by atoms with Gasteiger partial charge in [0.15, 0.2) is 0 Å². The fourth-order valence-corrected chi connectivity index (χ4v) is 5.65. The fourth-order valence-electron chi connectivity index (χ4n) is 4.22. The fraction of sp³-hybridized carbons (Fsp3) is 0.630. The number of carboxylic acids is 1. The summed E-state index contributed by atoms with van der Waals surface area (Å²) < 4.78 is 6.07. The Kier molecular flexibility index (Phi) is 9.30. The minimum absolute atomic E-state index is 0.0592. The highest BCUT2D eigenvalue weighted by atomic mass is 32.1. The molecular weight excluding hydrogens is 450 g/mol. The monoisotopic (exact) mass is 491 g/mol. The highest BCUT2D eigenvalue weighted by Crippen LogP contribution is 2.46. The molecule has 1 amide bonds. The van der Waals surface area contributed by atoms with E-state index in [2.05, 4.69) is 44.3 Å². The molecule has 0 bridgehead atoms. The summed E-state index contributed by atoms with van der Waals surface area (Å²) in [5.41, 5.74) is 2.75. The van der Waals surface area contributed by atoms with E-state index in [1.54, 1.807) is 0 Å². The molecule has 2 unspecified atom stereocenters. The van der Waals surface area contributed by atoms with E-state index in [-0.39, 0.29) is 22.8 Å². The van der Waals surface area contributed by atoms with Crippen LogP contribution < -0.4 is 5.32 Å². The van der Waals surface area contributed by atoms with Crippen molar-refractivity contribution >= 4 is 23.2 Å². The lowest BCUT2D eigenvalue weighted by atomic mass is 9.71. The van der Waals surface area contributed by atoms with Gasteiger partial charge in [0.25, 0.3) is 5.91 Å². The van der Waals surface area contributed by atoms with Crippen molar-refractivity contribution < 1.29 is 24.5 Å². The minimum Gasteiger partial charge on any atom is -0.480 e. The first-order chi connectivity index (χ1) is 15.8. The van der Waals surface area contributed by atoms with Gasteiger partial charge in [-0.2, -0.15) is 0 Å². The molecule has 0 fully saturated rings. The number of ether oxygens (including phenoxy) is 1. The van der Waals surface area contributed by atoms with Gasteiger partial charge in [-0.25, -0.2) is 0 Å². The van der Waals surface area contributed by atoms with E-state index in [1.165, 1.54) is 23.8 Å². The largest absolute Gasteiger partial charge is 0.480 e. The number of hydrogen-bond donors (Lipinski definition) is 3. The third-order valence-corrected chi connectivity index (χ3v) is 8.41. The van der Waals surface area contributed by atoms with E-state index >= 15 is 0 Å². The number of allylic oxidation sites excluding steroid dienone is 2.